The Labute approximate surface area is 92.5 Å². The highest BCUT2D eigenvalue weighted by atomic mass is 79.9. The van der Waals surface area contributed by atoms with E-state index in [0.717, 1.165) is 0 Å². The molecule has 6 heteroatoms. The summed E-state index contributed by atoms with van der Waals surface area (Å²) in [4.78, 5) is 6.85. The molecule has 1 aromatic carbocycles. The molecule has 0 aliphatic carbocycles. The average Bonchev–Trinajstić information content (AvgIpc) is 2.17. The summed E-state index contributed by atoms with van der Waals surface area (Å²) in [6, 6.07) is 0.881. The normalized spacial score (nSPS) is 10.9. The molecule has 2 aromatic rings. The predicted molar refractivity (Wildman–Crippen MR) is 55.3 cm³/mol. The smallest absolute Gasteiger partial charge is 0.317 e. The lowest BCUT2D eigenvalue weighted by molar-refractivity contribution is 0.402. The zero-order chi connectivity index (χ0) is 11.2. The van der Waals surface area contributed by atoms with Crippen LogP contribution in [0.2, 0.25) is 0 Å². The van der Waals surface area contributed by atoms with E-state index in [2.05, 4.69) is 25.9 Å². The third-order valence-corrected chi connectivity index (χ3v) is 2.99. The summed E-state index contributed by atoms with van der Waals surface area (Å²) in [7, 11) is 0. The molecule has 0 amide bonds. The van der Waals surface area contributed by atoms with Gasteiger partial charge in [0, 0.05) is 0 Å². The minimum atomic E-state index is -0.658. The lowest BCUT2D eigenvalue weighted by Gasteiger charge is -2.05. The van der Waals surface area contributed by atoms with E-state index in [1.807, 2.05) is 0 Å². The van der Waals surface area contributed by atoms with Gasteiger partial charge in [0.1, 0.15) is 5.52 Å². The Hall–Kier alpha value is -1.43. The standard InChI is InChI=1S/C9H6BrFN2O2/c1-3-2-4-7(6(11)5(3)10)12-9(15)13-8(4)14/h2H,1H3,(H2,12,13,14,15). The predicted octanol–water partition coefficient (Wildman–Crippen LogP) is 2.25. The van der Waals surface area contributed by atoms with Gasteiger partial charge in [0.15, 0.2) is 5.82 Å². The van der Waals surface area contributed by atoms with Crippen molar-refractivity contribution in [3.8, 4) is 11.9 Å². The van der Waals surface area contributed by atoms with Gasteiger partial charge in [-0.1, -0.05) is 0 Å². The van der Waals surface area contributed by atoms with Crippen LogP contribution in [0.25, 0.3) is 10.9 Å². The van der Waals surface area contributed by atoms with E-state index in [4.69, 9.17) is 5.11 Å². The van der Waals surface area contributed by atoms with Crippen LogP contribution in [0.3, 0.4) is 0 Å². The molecule has 0 aliphatic heterocycles. The first-order valence-electron chi connectivity index (χ1n) is 4.05. The van der Waals surface area contributed by atoms with E-state index in [-0.39, 0.29) is 15.4 Å². The minimum Gasteiger partial charge on any atom is -0.493 e. The Kier molecular flexibility index (Phi) is 2.22. The van der Waals surface area contributed by atoms with Crippen LogP contribution >= 0.6 is 15.9 Å². The van der Waals surface area contributed by atoms with Crippen molar-refractivity contribution >= 4 is 26.8 Å². The van der Waals surface area contributed by atoms with E-state index in [9.17, 15) is 9.50 Å². The van der Waals surface area contributed by atoms with Crippen molar-refractivity contribution in [1.29, 1.82) is 0 Å². The van der Waals surface area contributed by atoms with Crippen LogP contribution in [0, 0.1) is 12.7 Å². The quantitative estimate of drug-likeness (QED) is 0.772. The van der Waals surface area contributed by atoms with Crippen LogP contribution in [0.15, 0.2) is 10.5 Å². The van der Waals surface area contributed by atoms with Gasteiger partial charge in [-0.05, 0) is 34.5 Å². The molecule has 0 saturated carbocycles. The van der Waals surface area contributed by atoms with Crippen LogP contribution in [0.4, 0.5) is 4.39 Å². The maximum Gasteiger partial charge on any atom is 0.317 e. The highest BCUT2D eigenvalue weighted by molar-refractivity contribution is 9.10. The molecule has 15 heavy (non-hydrogen) atoms. The molecule has 78 valence electrons. The van der Waals surface area contributed by atoms with E-state index in [1.165, 1.54) is 6.07 Å². The number of hydrogen-bond donors (Lipinski definition) is 2. The monoisotopic (exact) mass is 272 g/mol. The third kappa shape index (κ3) is 1.50. The second-order valence-electron chi connectivity index (χ2n) is 3.06. The highest BCUT2D eigenvalue weighted by Crippen LogP contribution is 2.31. The number of benzene rings is 1. The molecule has 0 aliphatic rings. The van der Waals surface area contributed by atoms with Gasteiger partial charge in [-0.3, -0.25) is 0 Å². The molecule has 4 nitrogen and oxygen atoms in total. The second-order valence-corrected chi connectivity index (χ2v) is 3.86. The summed E-state index contributed by atoms with van der Waals surface area (Å²) < 4.78 is 13.9. The Bertz CT molecular complexity index is 560. The first-order valence-corrected chi connectivity index (χ1v) is 4.84. The molecule has 0 radical (unpaired) electrons. The Morgan fingerprint density at radius 3 is 2.67 bits per heavy atom. The number of fused-ring (bicyclic) bond motifs is 1. The summed E-state index contributed by atoms with van der Waals surface area (Å²) in [6.45, 7) is 1.68. The molecule has 1 heterocycles. The van der Waals surface area contributed by atoms with Crippen molar-refractivity contribution in [3.63, 3.8) is 0 Å². The first-order chi connectivity index (χ1) is 7.00. The van der Waals surface area contributed by atoms with Crippen molar-refractivity contribution < 1.29 is 14.6 Å². The maximum atomic E-state index is 13.7. The van der Waals surface area contributed by atoms with E-state index in [1.54, 1.807) is 6.92 Å². The van der Waals surface area contributed by atoms with Crippen LogP contribution in [0.1, 0.15) is 5.56 Å². The number of nitrogens with zero attached hydrogens (tertiary/aromatic N) is 2. The number of hydrogen-bond acceptors (Lipinski definition) is 4. The molecule has 0 spiro atoms. The lowest BCUT2D eigenvalue weighted by Crippen LogP contribution is -1.92. The summed E-state index contributed by atoms with van der Waals surface area (Å²) in [5.74, 6) is -1.06. The maximum absolute atomic E-state index is 13.7. The molecule has 1 aromatic heterocycles. The molecule has 0 bridgehead atoms. The summed E-state index contributed by atoms with van der Waals surface area (Å²) in [5.41, 5.74) is 0.502. The number of aromatic nitrogens is 2. The van der Waals surface area contributed by atoms with E-state index < -0.39 is 17.7 Å². The molecule has 2 rings (SSSR count). The summed E-state index contributed by atoms with van der Waals surface area (Å²) in [5, 5.41) is 18.6. The Morgan fingerprint density at radius 1 is 1.33 bits per heavy atom. The molecule has 0 fully saturated rings. The molecular formula is C9H6BrFN2O2. The molecule has 0 atom stereocenters. The number of halogens is 2. The van der Waals surface area contributed by atoms with E-state index in [0.29, 0.717) is 5.56 Å². The summed E-state index contributed by atoms with van der Waals surface area (Å²) in [6.07, 6.45) is 0. The van der Waals surface area contributed by atoms with Crippen LogP contribution < -0.4 is 0 Å². The molecule has 0 unspecified atom stereocenters. The average molecular weight is 273 g/mol. The zero-order valence-electron chi connectivity index (χ0n) is 7.62. The largest absolute Gasteiger partial charge is 0.493 e. The SMILES string of the molecule is Cc1cc2c(O)nc(O)nc2c(F)c1Br. The van der Waals surface area contributed by atoms with Gasteiger partial charge in [-0.15, -0.1) is 0 Å². The van der Waals surface area contributed by atoms with Crippen molar-refractivity contribution in [2.24, 2.45) is 0 Å². The van der Waals surface area contributed by atoms with Gasteiger partial charge < -0.3 is 10.2 Å². The van der Waals surface area contributed by atoms with Crippen LogP contribution in [0.5, 0.6) is 11.9 Å². The van der Waals surface area contributed by atoms with Gasteiger partial charge in [0.2, 0.25) is 5.88 Å². The number of rotatable bonds is 0. The van der Waals surface area contributed by atoms with Gasteiger partial charge in [-0.25, -0.2) is 4.39 Å². The Morgan fingerprint density at radius 2 is 2.00 bits per heavy atom. The minimum absolute atomic E-state index is 0.113. The summed E-state index contributed by atoms with van der Waals surface area (Å²) >= 11 is 3.05. The van der Waals surface area contributed by atoms with Crippen molar-refractivity contribution in [2.75, 3.05) is 0 Å². The van der Waals surface area contributed by atoms with Gasteiger partial charge in [0.05, 0.1) is 9.86 Å². The fourth-order valence-electron chi connectivity index (χ4n) is 1.30. The molecule has 2 N–H and O–H groups in total. The highest BCUT2D eigenvalue weighted by Gasteiger charge is 2.14. The first kappa shape index (κ1) is 10.1. The third-order valence-electron chi connectivity index (χ3n) is 2.02. The number of aromatic hydroxyl groups is 2. The molecule has 0 saturated heterocycles. The number of aryl methyl sites for hydroxylation is 1. The van der Waals surface area contributed by atoms with Gasteiger partial charge >= 0.3 is 6.01 Å². The fourth-order valence-corrected chi connectivity index (χ4v) is 1.61. The fraction of sp³-hybridized carbons (Fsp3) is 0.111. The molecular weight excluding hydrogens is 267 g/mol. The van der Waals surface area contributed by atoms with Crippen molar-refractivity contribution in [3.05, 3.63) is 21.9 Å². The lowest BCUT2D eigenvalue weighted by atomic mass is 10.1. The van der Waals surface area contributed by atoms with Crippen LogP contribution in [-0.4, -0.2) is 20.2 Å². The second kappa shape index (κ2) is 3.30. The zero-order valence-corrected chi connectivity index (χ0v) is 9.21. The topological polar surface area (TPSA) is 66.2 Å². The van der Waals surface area contributed by atoms with Crippen molar-refractivity contribution in [1.82, 2.24) is 9.97 Å². The van der Waals surface area contributed by atoms with Gasteiger partial charge in [-0.2, -0.15) is 9.97 Å². The van der Waals surface area contributed by atoms with Crippen LogP contribution in [-0.2, 0) is 0 Å². The Balaban J connectivity index is 2.98. The van der Waals surface area contributed by atoms with Crippen molar-refractivity contribution in [2.45, 2.75) is 6.92 Å². The van der Waals surface area contributed by atoms with Gasteiger partial charge in [0.25, 0.3) is 0 Å². The van der Waals surface area contributed by atoms with E-state index >= 15 is 0 Å².